The highest BCUT2D eigenvalue weighted by Gasteiger charge is 2.67. The van der Waals surface area contributed by atoms with Gasteiger partial charge >= 0.3 is 6.18 Å². The van der Waals surface area contributed by atoms with E-state index in [0.29, 0.717) is 12.1 Å². The molecule has 2 amide bonds. The van der Waals surface area contributed by atoms with Crippen molar-refractivity contribution in [2.45, 2.75) is 16.4 Å². The summed E-state index contributed by atoms with van der Waals surface area (Å²) in [6.07, 6.45) is -4.98. The number of nitrogens with two attached hydrogens (primary N) is 1. The minimum Gasteiger partial charge on any atom is -0.394 e. The Morgan fingerprint density at radius 3 is 2.24 bits per heavy atom. The molecule has 1 fully saturated rings. The summed E-state index contributed by atoms with van der Waals surface area (Å²) < 4.78 is 78.8. The van der Waals surface area contributed by atoms with Crippen LogP contribution < -0.4 is 16.4 Å². The van der Waals surface area contributed by atoms with Crippen molar-refractivity contribution in [3.8, 4) is 0 Å². The van der Waals surface area contributed by atoms with Crippen molar-refractivity contribution in [2.75, 3.05) is 16.4 Å². The van der Waals surface area contributed by atoms with E-state index in [-0.39, 0.29) is 21.8 Å². The lowest BCUT2D eigenvalue weighted by Crippen LogP contribution is -2.18. The maximum Gasteiger partial charge on any atom is 0.419 e. The van der Waals surface area contributed by atoms with Crippen LogP contribution in [0.5, 0.6) is 0 Å². The zero-order valence-corrected chi connectivity index (χ0v) is 20.8. The molecule has 38 heavy (non-hydrogen) atoms. The van der Waals surface area contributed by atoms with Crippen LogP contribution in [0, 0.1) is 23.4 Å². The van der Waals surface area contributed by atoms with Gasteiger partial charge < -0.3 is 16.4 Å². The number of nitrogen functional groups attached to an aromatic ring is 1. The second kappa shape index (κ2) is 9.87. The molecule has 3 aromatic rings. The molecule has 0 spiro atoms. The summed E-state index contributed by atoms with van der Waals surface area (Å²) in [6, 6.07) is 7.70. The van der Waals surface area contributed by atoms with Crippen LogP contribution in [-0.4, -0.2) is 16.1 Å². The van der Waals surface area contributed by atoms with Crippen LogP contribution in [0.25, 0.3) is 0 Å². The molecule has 0 bridgehead atoms. The number of amides is 2. The van der Waals surface area contributed by atoms with E-state index in [9.17, 15) is 35.9 Å². The molecule has 0 heterocycles. The lowest BCUT2D eigenvalue weighted by atomic mass is 10.0. The Labute approximate surface area is 225 Å². The van der Waals surface area contributed by atoms with E-state index in [1.807, 2.05) is 0 Å². The third-order valence-electron chi connectivity index (χ3n) is 5.84. The summed E-state index contributed by atoms with van der Waals surface area (Å²) in [4.78, 5) is 25.6. The first-order chi connectivity index (χ1) is 17.6. The fraction of sp³-hybridized carbons (Fsp3) is 0.167. The van der Waals surface area contributed by atoms with Gasteiger partial charge in [-0.3, -0.25) is 9.59 Å². The number of hydrogen-bond acceptors (Lipinski definition) is 3. The SMILES string of the molecule is Nc1c(F)ccc(NC(=O)c2cc(NC(=O)C3[C@H](c4ccc(F)c(C(F)(F)F)c4)C3(Cl)Cl)ccc2Cl)c1F. The predicted molar refractivity (Wildman–Crippen MR) is 131 cm³/mol. The predicted octanol–water partition coefficient (Wildman–Crippen LogP) is 7.14. The first-order valence-electron chi connectivity index (χ1n) is 10.5. The average Bonchev–Trinajstić information content (AvgIpc) is 3.42. The van der Waals surface area contributed by atoms with Crippen LogP contribution in [0.3, 0.4) is 0 Å². The number of hydrogen-bond donors (Lipinski definition) is 3. The number of rotatable bonds is 5. The summed E-state index contributed by atoms with van der Waals surface area (Å²) in [7, 11) is 0. The van der Waals surface area contributed by atoms with E-state index in [1.54, 1.807) is 0 Å². The number of halogens is 9. The van der Waals surface area contributed by atoms with Crippen LogP contribution >= 0.6 is 34.8 Å². The van der Waals surface area contributed by atoms with Gasteiger partial charge in [-0.2, -0.15) is 13.2 Å². The Bertz CT molecular complexity index is 1470. The van der Waals surface area contributed by atoms with Crippen molar-refractivity contribution >= 4 is 63.7 Å². The van der Waals surface area contributed by atoms with Crippen molar-refractivity contribution < 1.29 is 35.9 Å². The van der Waals surface area contributed by atoms with Gasteiger partial charge in [-0.25, -0.2) is 13.2 Å². The van der Waals surface area contributed by atoms with Crippen molar-refractivity contribution in [2.24, 2.45) is 5.92 Å². The molecule has 0 aliphatic heterocycles. The fourth-order valence-corrected chi connectivity index (χ4v) is 4.91. The van der Waals surface area contributed by atoms with Crippen molar-refractivity contribution in [1.29, 1.82) is 0 Å². The van der Waals surface area contributed by atoms with Crippen LogP contribution in [0.15, 0.2) is 48.5 Å². The van der Waals surface area contributed by atoms with Gasteiger partial charge in [0.25, 0.3) is 5.91 Å². The number of benzene rings is 3. The van der Waals surface area contributed by atoms with Gasteiger partial charge in [-0.05, 0) is 48.0 Å². The number of anilines is 3. The van der Waals surface area contributed by atoms with Gasteiger partial charge in [0.05, 0.1) is 27.8 Å². The largest absolute Gasteiger partial charge is 0.419 e. The smallest absolute Gasteiger partial charge is 0.394 e. The lowest BCUT2D eigenvalue weighted by Gasteiger charge is -2.12. The highest BCUT2D eigenvalue weighted by Crippen LogP contribution is 2.65. The normalized spacial score (nSPS) is 18.1. The van der Waals surface area contributed by atoms with Gasteiger partial charge in [0.1, 0.15) is 21.7 Å². The molecule has 0 saturated heterocycles. The standard InChI is InChI=1S/C24H14Cl3F6N3O2/c25-13-3-2-10(8-11(13)21(37)36-16-6-5-15(29)20(34)19(16)30)35-22(38)18-17(23(18,26)27)9-1-4-14(28)12(7-9)24(31,32)33/h1-8,17-18H,34H2,(H,35,38)(H,36,37)/t17-,18?/m0/s1. The molecular formula is C24H14Cl3F6N3O2. The quantitative estimate of drug-likeness (QED) is 0.166. The summed E-state index contributed by atoms with van der Waals surface area (Å²) in [5.41, 5.74) is 2.24. The minimum atomic E-state index is -4.98. The topological polar surface area (TPSA) is 84.2 Å². The first-order valence-corrected chi connectivity index (χ1v) is 11.7. The molecule has 1 aliphatic rings. The Morgan fingerprint density at radius 1 is 0.921 bits per heavy atom. The Hall–Kier alpha value is -3.15. The zero-order chi connectivity index (χ0) is 28.2. The molecular weight excluding hydrogens is 583 g/mol. The number of carbonyl (C=O) groups excluding carboxylic acids is 2. The van der Waals surface area contributed by atoms with Crippen LogP contribution in [0.1, 0.15) is 27.4 Å². The number of alkyl halides is 5. The van der Waals surface area contributed by atoms with E-state index in [1.165, 1.54) is 12.1 Å². The van der Waals surface area contributed by atoms with Gasteiger partial charge in [-0.1, -0.05) is 17.7 Å². The summed E-state index contributed by atoms with van der Waals surface area (Å²) in [5, 5.41) is 4.55. The van der Waals surface area contributed by atoms with E-state index in [4.69, 9.17) is 40.5 Å². The molecule has 5 nitrogen and oxygen atoms in total. The fourth-order valence-electron chi connectivity index (χ4n) is 3.87. The highest BCUT2D eigenvalue weighted by molar-refractivity contribution is 6.53. The molecule has 1 unspecified atom stereocenters. The van der Waals surface area contributed by atoms with E-state index >= 15 is 0 Å². The van der Waals surface area contributed by atoms with Crippen molar-refractivity contribution in [3.63, 3.8) is 0 Å². The van der Waals surface area contributed by atoms with Crippen molar-refractivity contribution in [1.82, 2.24) is 0 Å². The highest BCUT2D eigenvalue weighted by atomic mass is 35.5. The van der Waals surface area contributed by atoms with Gasteiger partial charge in [-0.15, -0.1) is 23.2 Å². The molecule has 2 atom stereocenters. The summed E-state index contributed by atoms with van der Waals surface area (Å²) in [6.45, 7) is 0. The first kappa shape index (κ1) is 27.9. The third kappa shape index (κ3) is 5.23. The van der Waals surface area contributed by atoms with Crippen LogP contribution in [0.4, 0.5) is 43.4 Å². The molecule has 3 aromatic carbocycles. The molecule has 0 radical (unpaired) electrons. The number of nitrogens with one attached hydrogen (secondary N) is 2. The second-order valence-corrected chi connectivity index (χ2v) is 10.2. The van der Waals surface area contributed by atoms with E-state index < -0.39 is 68.5 Å². The number of carbonyl (C=O) groups is 2. The molecule has 4 rings (SSSR count). The summed E-state index contributed by atoms with van der Waals surface area (Å²) >= 11 is 18.4. The van der Waals surface area contributed by atoms with Crippen molar-refractivity contribution in [3.05, 3.63) is 87.7 Å². The van der Waals surface area contributed by atoms with E-state index in [0.717, 1.165) is 24.3 Å². The summed E-state index contributed by atoms with van der Waals surface area (Å²) in [5.74, 6) is -7.75. The molecule has 1 saturated carbocycles. The van der Waals surface area contributed by atoms with Crippen LogP contribution in [0.2, 0.25) is 5.02 Å². The zero-order valence-electron chi connectivity index (χ0n) is 18.6. The van der Waals surface area contributed by atoms with E-state index in [2.05, 4.69) is 10.6 Å². The van der Waals surface area contributed by atoms with Crippen LogP contribution in [-0.2, 0) is 11.0 Å². The molecule has 1 aliphatic carbocycles. The average molecular weight is 597 g/mol. The maximum atomic E-state index is 14.2. The Balaban J connectivity index is 1.53. The molecule has 4 N–H and O–H groups in total. The molecule has 200 valence electrons. The monoisotopic (exact) mass is 595 g/mol. The van der Waals surface area contributed by atoms with Gasteiger partial charge in [0, 0.05) is 11.6 Å². The molecule has 0 aromatic heterocycles. The Kier molecular flexibility index (Phi) is 7.24. The minimum absolute atomic E-state index is 0.0218. The van der Waals surface area contributed by atoms with Gasteiger partial charge in [0.2, 0.25) is 5.91 Å². The third-order valence-corrected chi connectivity index (χ3v) is 7.11. The lowest BCUT2D eigenvalue weighted by molar-refractivity contribution is -0.140. The second-order valence-electron chi connectivity index (χ2n) is 8.33. The molecule has 14 heteroatoms. The Morgan fingerprint density at radius 2 is 1.58 bits per heavy atom. The maximum absolute atomic E-state index is 14.2. The van der Waals surface area contributed by atoms with Gasteiger partial charge in [0.15, 0.2) is 5.82 Å².